The predicted octanol–water partition coefficient (Wildman–Crippen LogP) is 1.82. The molecule has 0 aliphatic rings. The molecule has 2 N–H and O–H groups in total. The molecule has 1 heterocycles. The first kappa shape index (κ1) is 16.2. The Labute approximate surface area is 124 Å². The summed E-state index contributed by atoms with van der Waals surface area (Å²) < 4.78 is 63.2. The number of rotatable bonds is 4. The minimum Gasteiger partial charge on any atom is -0.276 e. The van der Waals surface area contributed by atoms with Gasteiger partial charge in [0.2, 0.25) is 5.95 Å². The van der Waals surface area contributed by atoms with Crippen LogP contribution in [0.1, 0.15) is 11.4 Å². The van der Waals surface area contributed by atoms with Gasteiger partial charge in [-0.3, -0.25) is 5.43 Å². The highest BCUT2D eigenvalue weighted by Gasteiger charge is 2.24. The Morgan fingerprint density at radius 3 is 2.18 bits per heavy atom. The lowest BCUT2D eigenvalue weighted by Crippen LogP contribution is -2.31. The van der Waals surface area contributed by atoms with Crippen molar-refractivity contribution < 1.29 is 21.6 Å². The minimum atomic E-state index is -4.48. The third-order valence-corrected chi connectivity index (χ3v) is 3.83. The lowest BCUT2D eigenvalue weighted by atomic mass is 10.3. The van der Waals surface area contributed by atoms with Gasteiger partial charge in [0, 0.05) is 11.4 Å². The van der Waals surface area contributed by atoms with Crippen molar-refractivity contribution in [1.82, 2.24) is 14.8 Å². The zero-order valence-electron chi connectivity index (χ0n) is 11.5. The third kappa shape index (κ3) is 3.34. The molecule has 0 spiro atoms. The van der Waals surface area contributed by atoms with Crippen molar-refractivity contribution in [2.75, 3.05) is 5.43 Å². The average molecular weight is 332 g/mol. The van der Waals surface area contributed by atoms with Gasteiger partial charge in [-0.25, -0.2) is 31.6 Å². The van der Waals surface area contributed by atoms with Crippen LogP contribution in [0.25, 0.3) is 0 Å². The number of hydrazine groups is 1. The molecule has 1 aromatic carbocycles. The highest BCUT2D eigenvalue weighted by Crippen LogP contribution is 2.19. The average Bonchev–Trinajstić information content (AvgIpc) is 2.41. The molecule has 0 bridgehead atoms. The molecule has 0 radical (unpaired) electrons. The Morgan fingerprint density at radius 1 is 1.00 bits per heavy atom. The standard InChI is InChI=1S/C12H11F3N4O2S/c1-6-5-7(2)17-12(16-6)18-19-22(20,21)9-4-3-8(13)10(14)11(9)15/h3-5,19H,1-2H3,(H,16,17,18). The molecule has 0 atom stereocenters. The van der Waals surface area contributed by atoms with Crippen molar-refractivity contribution in [3.05, 3.63) is 47.0 Å². The number of nitrogens with zero attached hydrogens (tertiary/aromatic N) is 2. The molecule has 118 valence electrons. The van der Waals surface area contributed by atoms with E-state index in [0.29, 0.717) is 23.5 Å². The van der Waals surface area contributed by atoms with Gasteiger partial charge < -0.3 is 0 Å². The second-order valence-electron chi connectivity index (χ2n) is 4.38. The van der Waals surface area contributed by atoms with E-state index < -0.39 is 32.4 Å². The van der Waals surface area contributed by atoms with Crippen molar-refractivity contribution in [3.8, 4) is 0 Å². The Hall–Kier alpha value is -2.20. The van der Waals surface area contributed by atoms with E-state index in [9.17, 15) is 21.6 Å². The van der Waals surface area contributed by atoms with Gasteiger partial charge in [0.05, 0.1) is 0 Å². The lowest BCUT2D eigenvalue weighted by molar-refractivity contribution is 0.432. The number of nitrogens with one attached hydrogen (secondary N) is 2. The maximum absolute atomic E-state index is 13.5. The number of hydrogen-bond donors (Lipinski definition) is 2. The van der Waals surface area contributed by atoms with Crippen LogP contribution in [-0.2, 0) is 10.0 Å². The first-order valence-corrected chi connectivity index (χ1v) is 7.42. The van der Waals surface area contributed by atoms with Gasteiger partial charge in [-0.05, 0) is 32.0 Å². The molecule has 1 aromatic heterocycles. The lowest BCUT2D eigenvalue weighted by Gasteiger charge is -2.10. The van der Waals surface area contributed by atoms with Crippen molar-refractivity contribution in [2.45, 2.75) is 18.7 Å². The summed E-state index contributed by atoms with van der Waals surface area (Å²) in [6.07, 6.45) is 0. The van der Waals surface area contributed by atoms with E-state index in [-0.39, 0.29) is 5.95 Å². The number of anilines is 1. The van der Waals surface area contributed by atoms with Gasteiger partial charge in [0.25, 0.3) is 10.0 Å². The first-order chi connectivity index (χ1) is 10.2. The fourth-order valence-electron chi connectivity index (χ4n) is 1.67. The van der Waals surface area contributed by atoms with Crippen molar-refractivity contribution in [2.24, 2.45) is 0 Å². The van der Waals surface area contributed by atoms with Crippen LogP contribution in [0, 0.1) is 31.3 Å². The largest absolute Gasteiger partial charge is 0.276 e. The van der Waals surface area contributed by atoms with Gasteiger partial charge in [-0.15, -0.1) is 4.83 Å². The fourth-order valence-corrected chi connectivity index (χ4v) is 2.57. The van der Waals surface area contributed by atoms with Crippen LogP contribution < -0.4 is 10.3 Å². The number of halogens is 3. The molecule has 2 rings (SSSR count). The van der Waals surface area contributed by atoms with Gasteiger partial charge in [-0.1, -0.05) is 0 Å². The van der Waals surface area contributed by atoms with Crippen LogP contribution >= 0.6 is 0 Å². The number of aryl methyl sites for hydroxylation is 2. The van der Waals surface area contributed by atoms with E-state index in [4.69, 9.17) is 0 Å². The zero-order chi connectivity index (χ0) is 16.5. The van der Waals surface area contributed by atoms with E-state index in [1.165, 1.54) is 0 Å². The summed E-state index contributed by atoms with van der Waals surface area (Å²) in [7, 11) is -4.48. The molecular formula is C12H11F3N4O2S. The van der Waals surface area contributed by atoms with Crippen LogP contribution in [-0.4, -0.2) is 18.4 Å². The summed E-state index contributed by atoms with van der Waals surface area (Å²) in [5.74, 6) is -5.23. The zero-order valence-corrected chi connectivity index (χ0v) is 12.3. The maximum Gasteiger partial charge on any atom is 0.260 e. The molecular weight excluding hydrogens is 321 g/mol. The third-order valence-electron chi connectivity index (χ3n) is 2.57. The highest BCUT2D eigenvalue weighted by atomic mass is 32.2. The quantitative estimate of drug-likeness (QED) is 0.659. The monoisotopic (exact) mass is 332 g/mol. The summed E-state index contributed by atoms with van der Waals surface area (Å²) >= 11 is 0. The minimum absolute atomic E-state index is 0.0657. The molecule has 2 aromatic rings. The van der Waals surface area contributed by atoms with E-state index >= 15 is 0 Å². The van der Waals surface area contributed by atoms with Gasteiger partial charge in [0.1, 0.15) is 4.90 Å². The molecule has 0 amide bonds. The second-order valence-corrected chi connectivity index (χ2v) is 6.03. The second kappa shape index (κ2) is 5.89. The Morgan fingerprint density at radius 2 is 1.59 bits per heavy atom. The molecule has 6 nitrogen and oxygen atoms in total. The van der Waals surface area contributed by atoms with Crippen LogP contribution in [0.3, 0.4) is 0 Å². The van der Waals surface area contributed by atoms with E-state index in [1.54, 1.807) is 24.7 Å². The molecule has 22 heavy (non-hydrogen) atoms. The molecule has 0 aliphatic carbocycles. The topological polar surface area (TPSA) is 84.0 Å². The summed E-state index contributed by atoms with van der Waals surface area (Å²) in [4.78, 5) is 8.58. The maximum atomic E-state index is 13.5. The van der Waals surface area contributed by atoms with Crippen molar-refractivity contribution in [1.29, 1.82) is 0 Å². The highest BCUT2D eigenvalue weighted by molar-refractivity contribution is 7.89. The number of aromatic nitrogens is 2. The van der Waals surface area contributed by atoms with Crippen LogP contribution in [0.5, 0.6) is 0 Å². The summed E-state index contributed by atoms with van der Waals surface area (Å²) in [6.45, 7) is 3.34. The Bertz CT molecular complexity index is 807. The normalized spacial score (nSPS) is 11.5. The summed E-state index contributed by atoms with van der Waals surface area (Å²) in [6, 6.07) is 2.79. The van der Waals surface area contributed by atoms with Crippen molar-refractivity contribution in [3.63, 3.8) is 0 Å². The van der Waals surface area contributed by atoms with Gasteiger partial charge >= 0.3 is 0 Å². The Balaban J connectivity index is 2.27. The van der Waals surface area contributed by atoms with E-state index in [0.717, 1.165) is 0 Å². The fraction of sp³-hybridized carbons (Fsp3) is 0.167. The molecule has 0 unspecified atom stereocenters. The van der Waals surface area contributed by atoms with Gasteiger partial charge in [0.15, 0.2) is 17.5 Å². The van der Waals surface area contributed by atoms with Crippen LogP contribution in [0.2, 0.25) is 0 Å². The number of benzene rings is 1. The summed E-state index contributed by atoms with van der Waals surface area (Å²) in [5, 5.41) is 0. The van der Waals surface area contributed by atoms with Gasteiger partial charge in [-0.2, -0.15) is 0 Å². The predicted molar refractivity (Wildman–Crippen MR) is 71.8 cm³/mol. The Kier molecular flexibility index (Phi) is 4.33. The SMILES string of the molecule is Cc1cc(C)nc(NNS(=O)(=O)c2ccc(F)c(F)c2F)n1. The van der Waals surface area contributed by atoms with Crippen LogP contribution in [0.15, 0.2) is 23.1 Å². The van der Waals surface area contributed by atoms with Crippen molar-refractivity contribution >= 4 is 16.0 Å². The molecule has 10 heteroatoms. The summed E-state index contributed by atoms with van der Waals surface area (Å²) in [5.41, 5.74) is 3.34. The van der Waals surface area contributed by atoms with E-state index in [2.05, 4.69) is 15.4 Å². The molecule has 0 saturated carbocycles. The first-order valence-electron chi connectivity index (χ1n) is 5.94. The number of sulfonamides is 1. The molecule has 0 saturated heterocycles. The smallest absolute Gasteiger partial charge is 0.260 e. The van der Waals surface area contributed by atoms with E-state index in [1.807, 2.05) is 0 Å². The van der Waals surface area contributed by atoms with Crippen LogP contribution in [0.4, 0.5) is 19.1 Å². The molecule has 0 aliphatic heterocycles. The number of hydrogen-bond acceptors (Lipinski definition) is 5. The molecule has 0 fully saturated rings.